The predicted molar refractivity (Wildman–Crippen MR) is 184 cm³/mol. The first-order valence-electron chi connectivity index (χ1n) is 15.4. The average Bonchev–Trinajstić information content (AvgIpc) is 3.04. The highest BCUT2D eigenvalue weighted by Gasteiger charge is 2.09. The Morgan fingerprint density at radius 2 is 1.37 bits per heavy atom. The molecule has 46 heavy (non-hydrogen) atoms. The molecule has 0 saturated carbocycles. The van der Waals surface area contributed by atoms with Crippen LogP contribution in [0.2, 0.25) is 0 Å². The Bertz CT molecular complexity index is 1310. The van der Waals surface area contributed by atoms with Crippen LogP contribution in [-0.2, 0) is 14.4 Å². The number of hydrogen-bond donors (Lipinski definition) is 7. The molecule has 0 aliphatic rings. The third-order valence-electron chi connectivity index (χ3n) is 6.80. The molecule has 0 radical (unpaired) electrons. The van der Waals surface area contributed by atoms with E-state index in [0.717, 1.165) is 54.7 Å². The summed E-state index contributed by atoms with van der Waals surface area (Å²) in [7, 11) is 1.90. The fourth-order valence-corrected chi connectivity index (χ4v) is 4.03. The lowest BCUT2D eigenvalue weighted by Gasteiger charge is -2.07. The van der Waals surface area contributed by atoms with Gasteiger partial charge in [0.1, 0.15) is 6.04 Å². The highest BCUT2D eigenvalue weighted by atomic mass is 16.4. The second-order valence-corrected chi connectivity index (χ2v) is 10.8. The summed E-state index contributed by atoms with van der Waals surface area (Å²) < 4.78 is 0. The number of carboxylic acid groups (broad SMARTS) is 2. The molecule has 0 saturated heterocycles. The van der Waals surface area contributed by atoms with Gasteiger partial charge in [-0.05, 0) is 105 Å². The molecule has 1 atom stereocenters. The van der Waals surface area contributed by atoms with Crippen molar-refractivity contribution in [3.8, 4) is 11.1 Å². The van der Waals surface area contributed by atoms with Crippen molar-refractivity contribution in [2.24, 2.45) is 11.5 Å². The van der Waals surface area contributed by atoms with Gasteiger partial charge in [0.25, 0.3) is 0 Å². The van der Waals surface area contributed by atoms with Crippen molar-refractivity contribution in [1.29, 1.82) is 0 Å². The summed E-state index contributed by atoms with van der Waals surface area (Å²) in [6.45, 7) is 5.80. The van der Waals surface area contributed by atoms with Gasteiger partial charge >= 0.3 is 11.9 Å². The van der Waals surface area contributed by atoms with Crippen LogP contribution in [0.5, 0.6) is 0 Å². The minimum absolute atomic E-state index is 0.0182. The molecular weight excluding hydrogens is 586 g/mol. The Morgan fingerprint density at radius 3 is 1.85 bits per heavy atom. The Morgan fingerprint density at radius 1 is 0.804 bits per heavy atom. The van der Waals surface area contributed by atoms with E-state index < -0.39 is 18.0 Å². The minimum Gasteiger partial charge on any atom is -0.480 e. The molecule has 0 aromatic heterocycles. The van der Waals surface area contributed by atoms with Crippen molar-refractivity contribution in [2.75, 3.05) is 30.8 Å². The lowest BCUT2D eigenvalue weighted by molar-refractivity contribution is -0.138. The quantitative estimate of drug-likeness (QED) is 0.0808. The highest BCUT2D eigenvalue weighted by molar-refractivity contribution is 5.91. The fraction of sp³-hybridized carbons (Fsp3) is 0.371. The van der Waals surface area contributed by atoms with Gasteiger partial charge in [-0.25, -0.2) is 4.79 Å². The maximum absolute atomic E-state index is 11.8. The van der Waals surface area contributed by atoms with E-state index in [9.17, 15) is 19.2 Å². The Balaban J connectivity index is 0.000000400. The topological polar surface area (TPSA) is 197 Å². The van der Waals surface area contributed by atoms with Crippen LogP contribution >= 0.6 is 0 Å². The summed E-state index contributed by atoms with van der Waals surface area (Å²) >= 11 is 0. The largest absolute Gasteiger partial charge is 0.480 e. The molecule has 3 aromatic rings. The van der Waals surface area contributed by atoms with Gasteiger partial charge in [0, 0.05) is 17.8 Å². The molecule has 0 spiro atoms. The van der Waals surface area contributed by atoms with Gasteiger partial charge < -0.3 is 37.6 Å². The number of amides is 2. The van der Waals surface area contributed by atoms with Crippen molar-refractivity contribution in [1.82, 2.24) is 5.32 Å². The normalized spacial score (nSPS) is 10.8. The first-order valence-corrected chi connectivity index (χ1v) is 15.4. The molecule has 2 amide bonds. The molecule has 250 valence electrons. The summed E-state index contributed by atoms with van der Waals surface area (Å²) in [5, 5.41) is 25.8. The number of rotatable bonds is 16. The van der Waals surface area contributed by atoms with E-state index in [1.54, 1.807) is 24.3 Å². The van der Waals surface area contributed by atoms with E-state index >= 15 is 0 Å². The number of nitrogens with one attached hydrogen (secondary N) is 3. The van der Waals surface area contributed by atoms with Crippen molar-refractivity contribution in [2.45, 2.75) is 64.3 Å². The van der Waals surface area contributed by atoms with Crippen molar-refractivity contribution >= 4 is 35.6 Å². The van der Waals surface area contributed by atoms with Gasteiger partial charge in [-0.1, -0.05) is 56.7 Å². The zero-order valence-electron chi connectivity index (χ0n) is 27.0. The van der Waals surface area contributed by atoms with Crippen LogP contribution in [0, 0.1) is 0 Å². The summed E-state index contributed by atoms with van der Waals surface area (Å²) in [5.74, 6) is -1.31. The predicted octanol–water partition coefficient (Wildman–Crippen LogP) is 5.29. The number of aliphatic carboxylic acids is 1. The number of carboxylic acids is 2. The van der Waals surface area contributed by atoms with E-state index in [2.05, 4.69) is 29.8 Å². The number of carbonyl (C=O) groups excluding carboxylic acids is 2. The number of aromatic carboxylic acids is 1. The van der Waals surface area contributed by atoms with E-state index in [4.69, 9.17) is 21.7 Å². The molecule has 1 unspecified atom stereocenters. The van der Waals surface area contributed by atoms with E-state index in [0.29, 0.717) is 31.7 Å². The van der Waals surface area contributed by atoms with Crippen LogP contribution in [0.25, 0.3) is 11.1 Å². The van der Waals surface area contributed by atoms with Crippen LogP contribution in [0.1, 0.15) is 74.2 Å². The van der Waals surface area contributed by atoms with Crippen LogP contribution < -0.4 is 27.4 Å². The molecule has 11 heteroatoms. The second-order valence-electron chi connectivity index (χ2n) is 10.8. The number of unbranched alkanes of at least 4 members (excludes halogenated alkanes) is 2. The van der Waals surface area contributed by atoms with Gasteiger partial charge in [0.05, 0.1) is 5.56 Å². The highest BCUT2D eigenvalue weighted by Crippen LogP contribution is 2.22. The second kappa shape index (κ2) is 22.9. The molecule has 0 fully saturated rings. The third-order valence-corrected chi connectivity index (χ3v) is 6.80. The first-order chi connectivity index (χ1) is 22.0. The molecular formula is C35H49N5O6. The third kappa shape index (κ3) is 16.5. The summed E-state index contributed by atoms with van der Waals surface area (Å²) in [5.41, 5.74) is 15.5. The van der Waals surface area contributed by atoms with Crippen LogP contribution in [-0.4, -0.2) is 60.6 Å². The Labute approximate surface area is 271 Å². The minimum atomic E-state index is -0.936. The van der Waals surface area contributed by atoms with Crippen LogP contribution in [0.15, 0.2) is 72.8 Å². The zero-order chi connectivity index (χ0) is 34.3. The lowest BCUT2D eigenvalue weighted by Crippen LogP contribution is -2.29. The summed E-state index contributed by atoms with van der Waals surface area (Å²) in [6.07, 6.45) is 5.21. The van der Waals surface area contributed by atoms with Crippen LogP contribution in [0.4, 0.5) is 11.4 Å². The van der Waals surface area contributed by atoms with Crippen LogP contribution in [0.3, 0.4) is 0 Å². The molecule has 11 nitrogen and oxygen atoms in total. The zero-order valence-corrected chi connectivity index (χ0v) is 27.0. The number of hydrogen-bond acceptors (Lipinski definition) is 7. The van der Waals surface area contributed by atoms with Crippen molar-refractivity contribution < 1.29 is 29.4 Å². The van der Waals surface area contributed by atoms with Gasteiger partial charge in [-0.2, -0.15) is 0 Å². The summed E-state index contributed by atoms with van der Waals surface area (Å²) in [6, 6.07) is 21.4. The average molecular weight is 636 g/mol. The Hall–Kier alpha value is -4.58. The maximum Gasteiger partial charge on any atom is 0.335 e. The number of nitrogens with two attached hydrogens (primary N) is 2. The van der Waals surface area contributed by atoms with E-state index in [-0.39, 0.29) is 11.5 Å². The van der Waals surface area contributed by atoms with E-state index in [1.807, 2.05) is 55.6 Å². The molecule has 0 aliphatic carbocycles. The molecule has 3 aromatic carbocycles. The standard InChI is InChI=1S/C19H22N2O3.C10H13NO.C6H14N2O2/c1-20-13-3-2-4-18(22)21-17-11-9-15(10-12-17)14-5-7-16(8-6-14)19(23)24;1-8(2)9-3-5-10(6-4-9)11-7-12;7-4-2-1-3-5(8)6(9)10/h5-12,20H,2-4,13H2,1H3,(H,21,22)(H,23,24);3-8H,1-2H3,(H,11,12);5H,1-4,7-8H2,(H,9,10). The number of carbonyl (C=O) groups is 4. The van der Waals surface area contributed by atoms with E-state index in [1.165, 1.54) is 5.56 Å². The first kappa shape index (κ1) is 39.4. The molecule has 3 rings (SSSR count). The maximum atomic E-state index is 11.8. The SMILES string of the molecule is CC(C)c1ccc(NC=O)cc1.CNCCCCC(=O)Nc1ccc(-c2ccc(C(=O)O)cc2)cc1.NCCCCC(N)C(=O)O. The molecule has 0 heterocycles. The van der Waals surface area contributed by atoms with Gasteiger partial charge in [0.15, 0.2) is 0 Å². The Kier molecular flexibility index (Phi) is 19.6. The van der Waals surface area contributed by atoms with Crippen molar-refractivity contribution in [3.63, 3.8) is 0 Å². The number of benzene rings is 3. The number of anilines is 2. The molecule has 0 bridgehead atoms. The molecule has 0 aliphatic heterocycles. The fourth-order valence-electron chi connectivity index (χ4n) is 4.03. The summed E-state index contributed by atoms with van der Waals surface area (Å²) in [4.78, 5) is 42.9. The van der Waals surface area contributed by atoms with Gasteiger partial charge in [-0.15, -0.1) is 0 Å². The molecule has 9 N–H and O–H groups in total. The monoisotopic (exact) mass is 635 g/mol. The van der Waals surface area contributed by atoms with Gasteiger partial charge in [-0.3, -0.25) is 14.4 Å². The smallest absolute Gasteiger partial charge is 0.335 e. The van der Waals surface area contributed by atoms with Crippen molar-refractivity contribution in [3.05, 3.63) is 83.9 Å². The lowest BCUT2D eigenvalue weighted by atomic mass is 10.0. The van der Waals surface area contributed by atoms with Gasteiger partial charge in [0.2, 0.25) is 12.3 Å².